The topological polar surface area (TPSA) is 78.5 Å². The Kier molecular flexibility index (Phi) is 3.02. The van der Waals surface area contributed by atoms with Crippen molar-refractivity contribution in [1.29, 1.82) is 0 Å². The van der Waals surface area contributed by atoms with Crippen molar-refractivity contribution in [3.63, 3.8) is 0 Å². The van der Waals surface area contributed by atoms with Crippen LogP contribution in [-0.4, -0.2) is 45.7 Å². The number of alkyl halides is 2. The predicted molar refractivity (Wildman–Crippen MR) is 66.1 cm³/mol. The van der Waals surface area contributed by atoms with E-state index in [1.807, 2.05) is 0 Å². The molecule has 0 aromatic carbocycles. The van der Waals surface area contributed by atoms with Gasteiger partial charge in [0.25, 0.3) is 5.92 Å². The largest absolute Gasteiger partial charge is 0.354 e. The Bertz CT molecular complexity index is 569. The molecule has 0 amide bonds. The van der Waals surface area contributed by atoms with Crippen molar-refractivity contribution < 1.29 is 8.78 Å². The van der Waals surface area contributed by atoms with Gasteiger partial charge in [-0.15, -0.1) is 0 Å². The lowest BCUT2D eigenvalue weighted by Gasteiger charge is -2.31. The fourth-order valence-electron chi connectivity index (χ4n) is 2.18. The van der Waals surface area contributed by atoms with Gasteiger partial charge in [-0.25, -0.2) is 13.8 Å². The molecule has 0 radical (unpaired) electrons. The number of aromatic nitrogens is 4. The number of rotatable bonds is 3. The van der Waals surface area contributed by atoms with Crippen LogP contribution in [0.15, 0.2) is 12.4 Å². The molecule has 1 atom stereocenters. The minimum atomic E-state index is -2.69. The summed E-state index contributed by atoms with van der Waals surface area (Å²) in [5.41, 5.74) is 0.592. The monoisotopic (exact) mass is 268 g/mol. The molecular weight excluding hydrogens is 254 g/mol. The summed E-state index contributed by atoms with van der Waals surface area (Å²) in [6.07, 6.45) is 3.65. The van der Waals surface area contributed by atoms with E-state index < -0.39 is 11.8 Å². The molecule has 2 aromatic rings. The maximum Gasteiger partial charge on any atom is 0.264 e. The first-order valence-corrected chi connectivity index (χ1v) is 6.14. The summed E-state index contributed by atoms with van der Waals surface area (Å²) in [5.74, 6) is -3.05. The first-order chi connectivity index (χ1) is 9.15. The lowest BCUT2D eigenvalue weighted by molar-refractivity contribution is -0.0678. The number of fused-ring (bicyclic) bond motifs is 1. The molecule has 19 heavy (non-hydrogen) atoms. The summed E-state index contributed by atoms with van der Waals surface area (Å²) in [7, 11) is 0. The summed E-state index contributed by atoms with van der Waals surface area (Å²) in [4.78, 5) is 8.24. The van der Waals surface area contributed by atoms with Crippen LogP contribution < -0.4 is 10.6 Å². The van der Waals surface area contributed by atoms with Gasteiger partial charge in [0.1, 0.15) is 0 Å². The molecule has 102 valence electrons. The van der Waals surface area contributed by atoms with Crippen LogP contribution in [0.25, 0.3) is 11.0 Å². The Balaban J connectivity index is 1.67. The molecule has 0 aliphatic carbocycles. The van der Waals surface area contributed by atoms with Crippen molar-refractivity contribution in [3.8, 4) is 0 Å². The second kappa shape index (κ2) is 4.69. The van der Waals surface area contributed by atoms with E-state index in [1.54, 1.807) is 12.4 Å². The number of halogens is 2. The van der Waals surface area contributed by atoms with Crippen LogP contribution in [-0.2, 0) is 0 Å². The molecule has 8 heteroatoms. The van der Waals surface area contributed by atoms with Gasteiger partial charge >= 0.3 is 0 Å². The lowest BCUT2D eigenvalue weighted by atomic mass is 9.94. The fourth-order valence-corrected chi connectivity index (χ4v) is 2.18. The third-order valence-electron chi connectivity index (χ3n) is 3.33. The van der Waals surface area contributed by atoms with Crippen LogP contribution in [0.1, 0.15) is 6.42 Å². The van der Waals surface area contributed by atoms with E-state index in [-0.39, 0.29) is 13.1 Å². The maximum absolute atomic E-state index is 13.6. The zero-order chi connectivity index (χ0) is 13.3. The molecule has 1 saturated heterocycles. The van der Waals surface area contributed by atoms with Gasteiger partial charge in [0.2, 0.25) is 5.95 Å². The second-order valence-corrected chi connectivity index (χ2v) is 4.67. The Morgan fingerprint density at radius 1 is 1.42 bits per heavy atom. The van der Waals surface area contributed by atoms with Gasteiger partial charge in [0, 0.05) is 18.7 Å². The number of nitrogens with zero attached hydrogens (tertiary/aromatic N) is 3. The smallest absolute Gasteiger partial charge is 0.264 e. The van der Waals surface area contributed by atoms with E-state index in [9.17, 15) is 8.78 Å². The Morgan fingerprint density at radius 3 is 3.16 bits per heavy atom. The fraction of sp³-hybridized carbons (Fsp3) is 0.545. The first-order valence-electron chi connectivity index (χ1n) is 6.14. The lowest BCUT2D eigenvalue weighted by Crippen LogP contribution is -2.48. The zero-order valence-corrected chi connectivity index (χ0v) is 10.2. The summed E-state index contributed by atoms with van der Waals surface area (Å²) in [6, 6.07) is 0. The average Bonchev–Trinajstić information content (AvgIpc) is 2.84. The molecule has 2 aromatic heterocycles. The second-order valence-electron chi connectivity index (χ2n) is 4.67. The molecule has 3 N–H and O–H groups in total. The molecule has 0 spiro atoms. The number of hydrogen-bond acceptors (Lipinski definition) is 5. The molecule has 6 nitrogen and oxygen atoms in total. The highest BCUT2D eigenvalue weighted by molar-refractivity contribution is 5.73. The number of aromatic amines is 1. The summed E-state index contributed by atoms with van der Waals surface area (Å²) < 4.78 is 27.2. The number of piperidine rings is 1. The van der Waals surface area contributed by atoms with Crippen LogP contribution >= 0.6 is 0 Å². The van der Waals surface area contributed by atoms with Crippen molar-refractivity contribution in [2.75, 3.05) is 25.0 Å². The predicted octanol–water partition coefficient (Wildman–Crippen LogP) is 1.01. The molecule has 1 unspecified atom stereocenters. The van der Waals surface area contributed by atoms with Gasteiger partial charge in [-0.2, -0.15) is 10.1 Å². The first kappa shape index (κ1) is 12.2. The van der Waals surface area contributed by atoms with Crippen LogP contribution in [0.5, 0.6) is 0 Å². The minimum Gasteiger partial charge on any atom is -0.354 e. The van der Waals surface area contributed by atoms with Gasteiger partial charge in [0.05, 0.1) is 18.1 Å². The van der Waals surface area contributed by atoms with E-state index >= 15 is 0 Å². The summed E-state index contributed by atoms with van der Waals surface area (Å²) in [6.45, 7) is 0.510. The number of nitrogens with one attached hydrogen (secondary N) is 3. The Labute approximate surface area is 108 Å². The molecule has 1 fully saturated rings. The molecule has 1 aliphatic rings. The maximum atomic E-state index is 13.6. The molecule has 3 rings (SSSR count). The van der Waals surface area contributed by atoms with Gasteiger partial charge < -0.3 is 10.6 Å². The van der Waals surface area contributed by atoms with E-state index in [4.69, 9.17) is 0 Å². The zero-order valence-electron chi connectivity index (χ0n) is 10.2. The average molecular weight is 268 g/mol. The van der Waals surface area contributed by atoms with Crippen LogP contribution in [0, 0.1) is 5.92 Å². The normalized spacial score (nSPS) is 22.5. The quantitative estimate of drug-likeness (QED) is 0.774. The highest BCUT2D eigenvalue weighted by Crippen LogP contribution is 2.29. The minimum absolute atomic E-state index is 0.161. The molecule has 3 heterocycles. The standard InChI is InChI=1S/C11H14F2N6/c12-11(13)6-14-2-1-8(11)5-16-10-15-3-7-4-17-19-9(7)18-10/h3-4,8,14H,1-2,5-6H2,(H2,15,16,17,18,19). The van der Waals surface area contributed by atoms with Gasteiger partial charge in [-0.1, -0.05) is 0 Å². The van der Waals surface area contributed by atoms with Crippen LogP contribution in [0.4, 0.5) is 14.7 Å². The highest BCUT2D eigenvalue weighted by atomic mass is 19.3. The molecule has 0 saturated carbocycles. The third kappa shape index (κ3) is 2.48. The third-order valence-corrected chi connectivity index (χ3v) is 3.33. The van der Waals surface area contributed by atoms with E-state index in [0.29, 0.717) is 24.6 Å². The van der Waals surface area contributed by atoms with E-state index in [0.717, 1.165) is 5.39 Å². The highest BCUT2D eigenvalue weighted by Gasteiger charge is 2.41. The number of anilines is 1. The van der Waals surface area contributed by atoms with Gasteiger partial charge in [-0.05, 0) is 13.0 Å². The SMILES string of the molecule is FC1(F)CNCCC1CNc1ncc2cn[nH]c2n1. The Morgan fingerprint density at radius 2 is 2.32 bits per heavy atom. The Hall–Kier alpha value is -1.83. The van der Waals surface area contributed by atoms with E-state index in [1.165, 1.54) is 0 Å². The van der Waals surface area contributed by atoms with E-state index in [2.05, 4.69) is 30.8 Å². The van der Waals surface area contributed by atoms with Crippen molar-refractivity contribution in [3.05, 3.63) is 12.4 Å². The van der Waals surface area contributed by atoms with Crippen molar-refractivity contribution in [2.24, 2.45) is 5.92 Å². The molecule has 0 bridgehead atoms. The summed E-state index contributed by atoms with van der Waals surface area (Å²) in [5, 5.41) is 12.9. The summed E-state index contributed by atoms with van der Waals surface area (Å²) >= 11 is 0. The van der Waals surface area contributed by atoms with Gasteiger partial charge in [0.15, 0.2) is 5.65 Å². The van der Waals surface area contributed by atoms with Crippen LogP contribution in [0.3, 0.4) is 0 Å². The van der Waals surface area contributed by atoms with Crippen molar-refractivity contribution >= 4 is 17.0 Å². The molecular formula is C11H14F2N6. The molecule has 1 aliphatic heterocycles. The number of hydrogen-bond donors (Lipinski definition) is 3. The number of H-pyrrole nitrogens is 1. The van der Waals surface area contributed by atoms with Crippen molar-refractivity contribution in [2.45, 2.75) is 12.3 Å². The van der Waals surface area contributed by atoms with Gasteiger partial charge in [-0.3, -0.25) is 5.10 Å². The van der Waals surface area contributed by atoms with Crippen molar-refractivity contribution in [1.82, 2.24) is 25.5 Å². The van der Waals surface area contributed by atoms with Crippen LogP contribution in [0.2, 0.25) is 0 Å².